The molecule has 2 saturated carbocycles. The summed E-state index contributed by atoms with van der Waals surface area (Å²) in [6.45, 7) is 8.18. The number of amides is 3. The number of carbonyl (C=O) groups is 4. The summed E-state index contributed by atoms with van der Waals surface area (Å²) in [5, 5.41) is 6.18. The van der Waals surface area contributed by atoms with Crippen molar-refractivity contribution in [1.82, 2.24) is 24.9 Å². The van der Waals surface area contributed by atoms with Gasteiger partial charge in [0, 0.05) is 18.9 Å². The van der Waals surface area contributed by atoms with Gasteiger partial charge in [0.15, 0.2) is 0 Å². The number of aryl methyl sites for hydroxylation is 1. The Balaban J connectivity index is 1.21. The number of anilines is 1. The van der Waals surface area contributed by atoms with Crippen LogP contribution in [0.2, 0.25) is 0 Å². The quantitative estimate of drug-likeness (QED) is 0.198. The number of ether oxygens (including phenoxy) is 2. The van der Waals surface area contributed by atoms with Crippen LogP contribution in [0.3, 0.4) is 0 Å². The van der Waals surface area contributed by atoms with Crippen molar-refractivity contribution in [3.63, 3.8) is 0 Å². The fourth-order valence-electron chi connectivity index (χ4n) is 7.65. The van der Waals surface area contributed by atoms with Crippen molar-refractivity contribution in [2.24, 2.45) is 17.8 Å². The summed E-state index contributed by atoms with van der Waals surface area (Å²) in [6.07, 6.45) is 4.93. The lowest BCUT2D eigenvalue weighted by Gasteiger charge is -2.30. The summed E-state index contributed by atoms with van der Waals surface area (Å²) in [5.41, 5.74) is 1.22. The van der Waals surface area contributed by atoms with E-state index in [1.807, 2.05) is 62.4 Å². The summed E-state index contributed by atoms with van der Waals surface area (Å²) >= 11 is 0. The lowest BCUT2D eigenvalue weighted by molar-refractivity contribution is -0.151. The highest BCUT2D eigenvalue weighted by molar-refractivity contribution is 7.91. The zero-order valence-corrected chi connectivity index (χ0v) is 32.7. The van der Waals surface area contributed by atoms with E-state index in [4.69, 9.17) is 19.4 Å². The number of benzene rings is 2. The van der Waals surface area contributed by atoms with Gasteiger partial charge in [0.05, 0.1) is 41.6 Å². The highest BCUT2D eigenvalue weighted by atomic mass is 32.2. The Morgan fingerprint density at radius 2 is 1.86 bits per heavy atom. The summed E-state index contributed by atoms with van der Waals surface area (Å²) in [6, 6.07) is 14.7. The standard InChI is InChI=1S/C41H50N6O8S/c1-4-28-22-41(28,39(51)46-56(52,53)30-15-16-30)45-36(49)34-20-29-24-47(34)38(50)31(25(2)3)21-35(48)54-18-10-6-9-11-26-14-17-33-32(19-26)37(55-29)44-40(43-33)42-23-27-12-7-5-8-13-27/h4-5,7-8,12-14,17,19,25,28-31,34H,1,6,9-11,15-16,18,20-24H2,2-3H3,(H,45,49)(H,46,51)(H,42,43,44)/t28-,29-,31+,34+,41-/m1/s1. The van der Waals surface area contributed by atoms with Gasteiger partial charge in [-0.2, -0.15) is 4.98 Å². The van der Waals surface area contributed by atoms with E-state index in [-0.39, 0.29) is 38.3 Å². The maximum atomic E-state index is 14.5. The first-order valence-corrected chi connectivity index (χ1v) is 21.1. The van der Waals surface area contributed by atoms with E-state index in [0.29, 0.717) is 48.5 Å². The Hall–Kier alpha value is -5.05. The second-order valence-electron chi connectivity index (χ2n) is 15.8. The van der Waals surface area contributed by atoms with Crippen LogP contribution in [0.1, 0.15) is 76.3 Å². The Kier molecular flexibility index (Phi) is 11.3. The van der Waals surface area contributed by atoms with Crippen molar-refractivity contribution in [1.29, 1.82) is 0 Å². The Labute approximate surface area is 327 Å². The molecule has 4 bridgehead atoms. The van der Waals surface area contributed by atoms with E-state index in [9.17, 15) is 27.6 Å². The van der Waals surface area contributed by atoms with Gasteiger partial charge >= 0.3 is 5.97 Å². The molecule has 56 heavy (non-hydrogen) atoms. The van der Waals surface area contributed by atoms with E-state index in [1.165, 1.54) is 11.0 Å². The Bertz CT molecular complexity index is 2110. The fourth-order valence-corrected chi connectivity index (χ4v) is 9.02. The average molecular weight is 787 g/mol. The van der Waals surface area contributed by atoms with Crippen LogP contribution in [0.4, 0.5) is 5.95 Å². The molecule has 0 unspecified atom stereocenters. The van der Waals surface area contributed by atoms with E-state index in [1.54, 1.807) is 0 Å². The summed E-state index contributed by atoms with van der Waals surface area (Å²) < 4.78 is 39.9. The minimum Gasteiger partial charge on any atom is -0.472 e. The zero-order chi connectivity index (χ0) is 39.6. The Morgan fingerprint density at radius 1 is 1.07 bits per heavy atom. The first kappa shape index (κ1) is 39.2. The lowest BCUT2D eigenvalue weighted by Crippen LogP contribution is -2.57. The minimum absolute atomic E-state index is 0.00665. The molecular formula is C41H50N6O8S. The first-order valence-electron chi connectivity index (χ1n) is 19.6. The van der Waals surface area contributed by atoms with Crippen molar-refractivity contribution < 1.29 is 37.1 Å². The predicted octanol–water partition coefficient (Wildman–Crippen LogP) is 4.19. The van der Waals surface area contributed by atoms with Crippen LogP contribution in [0.15, 0.2) is 61.2 Å². The molecule has 7 rings (SSSR count). The molecule has 3 heterocycles. The van der Waals surface area contributed by atoms with Gasteiger partial charge in [-0.15, -0.1) is 6.58 Å². The van der Waals surface area contributed by atoms with Crippen LogP contribution in [-0.4, -0.2) is 83.1 Å². The second kappa shape index (κ2) is 16.2. The number of hydrogen-bond acceptors (Lipinski definition) is 11. The van der Waals surface area contributed by atoms with Crippen molar-refractivity contribution in [3.05, 3.63) is 72.3 Å². The third kappa shape index (κ3) is 8.67. The van der Waals surface area contributed by atoms with Crippen molar-refractivity contribution in [3.8, 4) is 5.88 Å². The molecule has 2 aliphatic carbocycles. The van der Waals surface area contributed by atoms with Gasteiger partial charge in [0.25, 0.3) is 5.91 Å². The third-order valence-electron chi connectivity index (χ3n) is 11.3. The Morgan fingerprint density at radius 3 is 2.57 bits per heavy atom. The summed E-state index contributed by atoms with van der Waals surface area (Å²) in [5.74, 6) is -3.31. The SMILES string of the molecule is C=C[C@@H]1C[C@]1(NC(=O)[C@@H]1C[C@@H]2CN1C(=O)[C@H](C(C)C)CC(=O)OCCCCCc1ccc3nc(NCc4ccccc4)nc(c3c1)O2)C(=O)NS(=O)(=O)C1CC1. The van der Waals surface area contributed by atoms with E-state index >= 15 is 0 Å². The fraction of sp³-hybridized carbons (Fsp3) is 0.512. The molecule has 3 amide bonds. The number of aromatic nitrogens is 2. The van der Waals surface area contributed by atoms with Gasteiger partial charge in [-0.3, -0.25) is 23.9 Å². The van der Waals surface area contributed by atoms with Crippen LogP contribution in [0, 0.1) is 17.8 Å². The zero-order valence-electron chi connectivity index (χ0n) is 31.9. The average Bonchev–Trinajstić information content (AvgIpc) is 4.11. The summed E-state index contributed by atoms with van der Waals surface area (Å²) in [7, 11) is -3.90. The van der Waals surface area contributed by atoms with Gasteiger partial charge in [0.2, 0.25) is 33.7 Å². The van der Waals surface area contributed by atoms with Gasteiger partial charge in [0.1, 0.15) is 17.7 Å². The number of nitrogens with one attached hydrogen (secondary N) is 3. The number of fused-ring (bicyclic) bond motifs is 3. The minimum atomic E-state index is -3.90. The molecule has 3 N–H and O–H groups in total. The van der Waals surface area contributed by atoms with E-state index in [2.05, 4.69) is 21.9 Å². The number of rotatable bonds is 10. The molecule has 1 saturated heterocycles. The molecule has 1 aromatic heterocycles. The molecule has 14 nitrogen and oxygen atoms in total. The number of nitrogens with zero attached hydrogens (tertiary/aromatic N) is 3. The molecule has 15 heteroatoms. The van der Waals surface area contributed by atoms with E-state index < -0.39 is 68.5 Å². The summed E-state index contributed by atoms with van der Waals surface area (Å²) in [4.78, 5) is 66.5. The molecule has 0 spiro atoms. The van der Waals surface area contributed by atoms with Crippen molar-refractivity contribution in [2.45, 2.75) is 101 Å². The van der Waals surface area contributed by atoms with Crippen molar-refractivity contribution >= 4 is 50.6 Å². The van der Waals surface area contributed by atoms with Crippen LogP contribution in [-0.2, 0) is 46.9 Å². The number of esters is 1. The molecule has 3 fully saturated rings. The lowest BCUT2D eigenvalue weighted by atomic mass is 9.90. The van der Waals surface area contributed by atoms with Crippen LogP contribution < -0.4 is 20.1 Å². The van der Waals surface area contributed by atoms with Crippen LogP contribution in [0.25, 0.3) is 10.9 Å². The molecular weight excluding hydrogens is 737 g/mol. The van der Waals surface area contributed by atoms with Crippen molar-refractivity contribution in [2.75, 3.05) is 18.5 Å². The highest BCUT2D eigenvalue weighted by Crippen LogP contribution is 2.45. The van der Waals surface area contributed by atoms with E-state index in [0.717, 1.165) is 30.4 Å². The van der Waals surface area contributed by atoms with Crippen LogP contribution >= 0.6 is 0 Å². The largest absolute Gasteiger partial charge is 0.472 e. The number of hydrogen-bond donors (Lipinski definition) is 3. The third-order valence-corrected chi connectivity index (χ3v) is 13.1. The smallest absolute Gasteiger partial charge is 0.306 e. The predicted molar refractivity (Wildman–Crippen MR) is 209 cm³/mol. The molecule has 298 valence electrons. The second-order valence-corrected chi connectivity index (χ2v) is 17.8. The topological polar surface area (TPSA) is 186 Å². The highest BCUT2D eigenvalue weighted by Gasteiger charge is 2.62. The molecule has 4 aliphatic rings. The first-order chi connectivity index (χ1) is 26.9. The molecule has 2 aliphatic heterocycles. The normalized spacial score (nSPS) is 25.8. The van der Waals surface area contributed by atoms with Gasteiger partial charge in [-0.1, -0.05) is 56.3 Å². The number of cyclic esters (lactones) is 1. The number of sulfonamides is 1. The van der Waals surface area contributed by atoms with Gasteiger partial charge < -0.3 is 25.0 Å². The molecule has 2 aromatic carbocycles. The monoisotopic (exact) mass is 786 g/mol. The molecule has 0 radical (unpaired) electrons. The van der Waals surface area contributed by atoms with Gasteiger partial charge in [-0.25, -0.2) is 13.4 Å². The maximum Gasteiger partial charge on any atom is 0.306 e. The van der Waals surface area contributed by atoms with Crippen LogP contribution in [0.5, 0.6) is 5.88 Å². The molecule has 3 aromatic rings. The number of carbonyl (C=O) groups excluding carboxylic acids is 4. The van der Waals surface area contributed by atoms with Gasteiger partial charge in [-0.05, 0) is 74.1 Å². The molecule has 5 atom stereocenters. The maximum absolute atomic E-state index is 14.5.